The van der Waals surface area contributed by atoms with E-state index in [-0.39, 0.29) is 37.0 Å². The number of hydrogen-bond acceptors (Lipinski definition) is 5. The van der Waals surface area contributed by atoms with Crippen LogP contribution in [-0.4, -0.2) is 37.7 Å². The van der Waals surface area contributed by atoms with Crippen LogP contribution < -0.4 is 5.43 Å². The Labute approximate surface area is 116 Å². The van der Waals surface area contributed by atoms with Gasteiger partial charge in [0.1, 0.15) is 0 Å². The van der Waals surface area contributed by atoms with Crippen molar-refractivity contribution in [3.05, 3.63) is 11.9 Å². The zero-order valence-electron chi connectivity index (χ0n) is 11.3. The molecule has 8 heteroatoms. The Balaban J connectivity index is 1.79. The van der Waals surface area contributed by atoms with Crippen molar-refractivity contribution in [1.29, 1.82) is 0 Å². The van der Waals surface area contributed by atoms with Crippen LogP contribution in [-0.2, 0) is 27.3 Å². The molecule has 1 aliphatic rings. The molecule has 1 saturated heterocycles. The molecule has 0 aromatic carbocycles. The SMILES string of the molecule is CCCn1cc(CCC(=O)NN2C(=O)CCC2=O)nn1. The molecule has 0 bridgehead atoms. The lowest BCUT2D eigenvalue weighted by atomic mass is 10.2. The van der Waals surface area contributed by atoms with E-state index >= 15 is 0 Å². The largest absolute Gasteiger partial charge is 0.273 e. The van der Waals surface area contributed by atoms with Gasteiger partial charge in [-0.2, -0.15) is 5.01 Å². The van der Waals surface area contributed by atoms with Gasteiger partial charge in [0.25, 0.3) is 0 Å². The van der Waals surface area contributed by atoms with E-state index < -0.39 is 0 Å². The smallest absolute Gasteiger partial charge is 0.248 e. The van der Waals surface area contributed by atoms with Gasteiger partial charge in [-0.05, 0) is 6.42 Å². The molecule has 108 valence electrons. The summed E-state index contributed by atoms with van der Waals surface area (Å²) >= 11 is 0. The number of hydrogen-bond donors (Lipinski definition) is 1. The number of hydrazine groups is 1. The molecular formula is C12H17N5O3. The number of rotatable bonds is 6. The van der Waals surface area contributed by atoms with Gasteiger partial charge in [0.05, 0.1) is 5.69 Å². The van der Waals surface area contributed by atoms with Crippen LogP contribution in [0.25, 0.3) is 0 Å². The Morgan fingerprint density at radius 3 is 2.70 bits per heavy atom. The molecule has 0 saturated carbocycles. The molecule has 1 N–H and O–H groups in total. The zero-order valence-corrected chi connectivity index (χ0v) is 11.3. The molecule has 1 aliphatic heterocycles. The van der Waals surface area contributed by atoms with Crippen molar-refractivity contribution in [3.63, 3.8) is 0 Å². The number of aromatic nitrogens is 3. The van der Waals surface area contributed by atoms with Crippen molar-refractivity contribution in [1.82, 2.24) is 25.4 Å². The number of nitrogens with one attached hydrogen (secondary N) is 1. The van der Waals surface area contributed by atoms with Crippen molar-refractivity contribution in [2.75, 3.05) is 0 Å². The zero-order chi connectivity index (χ0) is 14.5. The number of amides is 3. The van der Waals surface area contributed by atoms with Gasteiger partial charge < -0.3 is 0 Å². The van der Waals surface area contributed by atoms with E-state index in [0.717, 1.165) is 18.0 Å². The summed E-state index contributed by atoms with van der Waals surface area (Å²) < 4.78 is 1.72. The Morgan fingerprint density at radius 2 is 2.05 bits per heavy atom. The van der Waals surface area contributed by atoms with Crippen LogP contribution in [0.1, 0.15) is 38.3 Å². The second kappa shape index (κ2) is 6.27. The molecule has 20 heavy (non-hydrogen) atoms. The van der Waals surface area contributed by atoms with Crippen LogP contribution >= 0.6 is 0 Å². The number of imide groups is 1. The second-order valence-electron chi connectivity index (χ2n) is 4.63. The van der Waals surface area contributed by atoms with Crippen molar-refractivity contribution >= 4 is 17.7 Å². The van der Waals surface area contributed by atoms with Crippen molar-refractivity contribution in [3.8, 4) is 0 Å². The molecule has 0 unspecified atom stereocenters. The molecule has 0 aliphatic carbocycles. The van der Waals surface area contributed by atoms with E-state index in [0.29, 0.717) is 12.1 Å². The normalized spacial score (nSPS) is 14.9. The molecule has 1 fully saturated rings. The molecule has 1 aromatic rings. The number of carbonyl (C=O) groups excluding carboxylic acids is 3. The summed E-state index contributed by atoms with van der Waals surface area (Å²) in [7, 11) is 0. The lowest BCUT2D eigenvalue weighted by molar-refractivity contribution is -0.147. The summed E-state index contributed by atoms with van der Waals surface area (Å²) in [5, 5.41) is 8.68. The third-order valence-electron chi connectivity index (χ3n) is 2.94. The highest BCUT2D eigenvalue weighted by atomic mass is 16.2. The molecule has 8 nitrogen and oxygen atoms in total. The van der Waals surface area contributed by atoms with E-state index in [1.54, 1.807) is 10.9 Å². The predicted octanol–water partition coefficient (Wildman–Crippen LogP) is -0.199. The van der Waals surface area contributed by atoms with Crippen molar-refractivity contribution in [2.45, 2.75) is 45.6 Å². The first kappa shape index (κ1) is 14.2. The molecule has 1 aromatic heterocycles. The lowest BCUT2D eigenvalue weighted by Gasteiger charge is -2.14. The van der Waals surface area contributed by atoms with Crippen LogP contribution in [0.15, 0.2) is 6.20 Å². The van der Waals surface area contributed by atoms with E-state index in [1.165, 1.54) is 0 Å². The van der Waals surface area contributed by atoms with Crippen LogP contribution in [0.3, 0.4) is 0 Å². The maximum atomic E-state index is 11.7. The Hall–Kier alpha value is -2.25. The third kappa shape index (κ3) is 3.40. The maximum Gasteiger partial charge on any atom is 0.248 e. The van der Waals surface area contributed by atoms with Gasteiger partial charge >= 0.3 is 0 Å². The monoisotopic (exact) mass is 279 g/mol. The fourth-order valence-corrected chi connectivity index (χ4v) is 1.91. The minimum Gasteiger partial charge on any atom is -0.273 e. The number of aryl methyl sites for hydroxylation is 2. The predicted molar refractivity (Wildman–Crippen MR) is 67.9 cm³/mol. The van der Waals surface area contributed by atoms with E-state index in [2.05, 4.69) is 15.7 Å². The summed E-state index contributed by atoms with van der Waals surface area (Å²) in [6.45, 7) is 2.83. The van der Waals surface area contributed by atoms with Gasteiger partial charge in [-0.1, -0.05) is 12.1 Å². The highest BCUT2D eigenvalue weighted by molar-refractivity contribution is 6.03. The van der Waals surface area contributed by atoms with E-state index in [9.17, 15) is 14.4 Å². The van der Waals surface area contributed by atoms with Crippen LogP contribution in [0.2, 0.25) is 0 Å². The maximum absolute atomic E-state index is 11.7. The quantitative estimate of drug-likeness (QED) is 0.727. The first-order valence-electron chi connectivity index (χ1n) is 6.64. The van der Waals surface area contributed by atoms with Gasteiger partial charge in [-0.15, -0.1) is 5.10 Å². The summed E-state index contributed by atoms with van der Waals surface area (Å²) in [6.07, 6.45) is 3.65. The number of nitrogens with zero attached hydrogens (tertiary/aromatic N) is 4. The summed E-state index contributed by atoms with van der Waals surface area (Å²) in [4.78, 5) is 34.4. The topological polar surface area (TPSA) is 97.2 Å². The number of carbonyl (C=O) groups is 3. The average Bonchev–Trinajstić information content (AvgIpc) is 2.99. The standard InChI is InChI=1S/C12H17N5O3/c1-2-7-16-8-9(13-15-16)3-4-10(18)14-17-11(19)5-6-12(17)20/h8H,2-7H2,1H3,(H,14,18). The van der Waals surface area contributed by atoms with Crippen LogP contribution in [0.4, 0.5) is 0 Å². The van der Waals surface area contributed by atoms with Gasteiger partial charge in [0.2, 0.25) is 17.7 Å². The molecule has 0 radical (unpaired) electrons. The Bertz CT molecular complexity index is 509. The van der Waals surface area contributed by atoms with E-state index in [4.69, 9.17) is 0 Å². The van der Waals surface area contributed by atoms with Gasteiger partial charge in [-0.3, -0.25) is 24.5 Å². The van der Waals surface area contributed by atoms with Gasteiger partial charge in [-0.25, -0.2) is 0 Å². The van der Waals surface area contributed by atoms with Crippen molar-refractivity contribution < 1.29 is 14.4 Å². The molecular weight excluding hydrogens is 262 g/mol. The highest BCUT2D eigenvalue weighted by Crippen LogP contribution is 2.09. The first-order valence-corrected chi connectivity index (χ1v) is 6.64. The van der Waals surface area contributed by atoms with Crippen LogP contribution in [0, 0.1) is 0 Å². The average molecular weight is 279 g/mol. The summed E-state index contributed by atoms with van der Waals surface area (Å²) in [5.41, 5.74) is 3.04. The molecule has 0 spiro atoms. The van der Waals surface area contributed by atoms with Gasteiger partial charge in [0, 0.05) is 38.4 Å². The van der Waals surface area contributed by atoms with Crippen LogP contribution in [0.5, 0.6) is 0 Å². The summed E-state index contributed by atoms with van der Waals surface area (Å²) in [5.74, 6) is -1.10. The van der Waals surface area contributed by atoms with E-state index in [1.807, 2.05) is 6.92 Å². The molecule has 2 heterocycles. The van der Waals surface area contributed by atoms with Gasteiger partial charge in [0.15, 0.2) is 0 Å². The molecule has 0 atom stereocenters. The van der Waals surface area contributed by atoms with Crippen molar-refractivity contribution in [2.24, 2.45) is 0 Å². The Kier molecular flexibility index (Phi) is 4.44. The Morgan fingerprint density at radius 1 is 1.35 bits per heavy atom. The third-order valence-corrected chi connectivity index (χ3v) is 2.94. The second-order valence-corrected chi connectivity index (χ2v) is 4.63. The highest BCUT2D eigenvalue weighted by Gasteiger charge is 2.30. The molecule has 3 amide bonds. The fourth-order valence-electron chi connectivity index (χ4n) is 1.91. The minimum absolute atomic E-state index is 0.155. The fraction of sp³-hybridized carbons (Fsp3) is 0.583. The lowest BCUT2D eigenvalue weighted by Crippen LogP contribution is -2.45. The molecule has 2 rings (SSSR count). The minimum atomic E-state index is -0.376. The first-order chi connectivity index (χ1) is 9.60. The summed E-state index contributed by atoms with van der Waals surface area (Å²) in [6, 6.07) is 0.